The molecular formula is C22H20N4O3. The topological polar surface area (TPSA) is 76.9 Å². The Labute approximate surface area is 168 Å². The summed E-state index contributed by atoms with van der Waals surface area (Å²) in [5.41, 5.74) is 4.44. The van der Waals surface area contributed by atoms with Gasteiger partial charge in [-0.3, -0.25) is 14.8 Å². The van der Waals surface area contributed by atoms with Gasteiger partial charge in [0.15, 0.2) is 11.5 Å². The molecule has 2 aromatic carbocycles. The van der Waals surface area contributed by atoms with Crippen LogP contribution in [0.5, 0.6) is 11.5 Å². The van der Waals surface area contributed by atoms with E-state index in [9.17, 15) is 4.79 Å². The lowest BCUT2D eigenvalue weighted by molar-refractivity contribution is -0.133. The van der Waals surface area contributed by atoms with E-state index in [0.717, 1.165) is 40.0 Å². The van der Waals surface area contributed by atoms with Crippen molar-refractivity contribution in [2.75, 3.05) is 6.79 Å². The second kappa shape index (κ2) is 7.16. The highest BCUT2D eigenvalue weighted by Gasteiger charge is 2.33. The quantitative estimate of drug-likeness (QED) is 0.679. The van der Waals surface area contributed by atoms with Gasteiger partial charge in [0.05, 0.1) is 22.8 Å². The summed E-state index contributed by atoms with van der Waals surface area (Å²) in [6.07, 6.45) is 5.22. The highest BCUT2D eigenvalue weighted by atomic mass is 16.7. The van der Waals surface area contributed by atoms with Gasteiger partial charge in [0.25, 0.3) is 0 Å². The van der Waals surface area contributed by atoms with Gasteiger partial charge in [-0.2, -0.15) is 5.10 Å². The lowest BCUT2D eigenvalue weighted by Gasteiger charge is -2.22. The van der Waals surface area contributed by atoms with Crippen molar-refractivity contribution < 1.29 is 14.3 Å². The van der Waals surface area contributed by atoms with Gasteiger partial charge in [-0.15, -0.1) is 0 Å². The van der Waals surface area contributed by atoms with Crippen molar-refractivity contribution in [2.45, 2.75) is 32.2 Å². The Hall–Kier alpha value is -3.48. The predicted molar refractivity (Wildman–Crippen MR) is 108 cm³/mol. The van der Waals surface area contributed by atoms with E-state index in [0.29, 0.717) is 18.6 Å². The number of rotatable bonds is 4. The highest BCUT2D eigenvalue weighted by molar-refractivity contribution is 6.03. The Morgan fingerprint density at radius 1 is 1.07 bits per heavy atom. The van der Waals surface area contributed by atoms with Gasteiger partial charge in [-0.25, -0.2) is 5.01 Å². The van der Waals surface area contributed by atoms with Crippen LogP contribution in [0, 0.1) is 0 Å². The molecule has 1 atom stereocenters. The molecule has 0 N–H and O–H groups in total. The summed E-state index contributed by atoms with van der Waals surface area (Å²) in [7, 11) is 0. The number of amides is 1. The summed E-state index contributed by atoms with van der Waals surface area (Å²) in [6.45, 7) is 2.23. The number of fused-ring (bicyclic) bond motifs is 2. The summed E-state index contributed by atoms with van der Waals surface area (Å²) in [5.74, 6) is 1.46. The first kappa shape index (κ1) is 17.6. The summed E-state index contributed by atoms with van der Waals surface area (Å²) in [5, 5.41) is 6.33. The minimum atomic E-state index is -0.166. The number of ether oxygens (including phenoxy) is 2. The molecule has 7 nitrogen and oxygen atoms in total. The van der Waals surface area contributed by atoms with Gasteiger partial charge < -0.3 is 9.47 Å². The van der Waals surface area contributed by atoms with E-state index in [1.165, 1.54) is 0 Å². The zero-order valence-corrected chi connectivity index (χ0v) is 16.0. The molecule has 0 fully saturated rings. The van der Waals surface area contributed by atoms with Crippen molar-refractivity contribution in [3.63, 3.8) is 0 Å². The smallest absolute Gasteiger partial charge is 0.243 e. The fourth-order valence-corrected chi connectivity index (χ4v) is 3.77. The van der Waals surface area contributed by atoms with Gasteiger partial charge in [0.1, 0.15) is 0 Å². The third kappa shape index (κ3) is 3.18. The molecule has 29 heavy (non-hydrogen) atoms. The Morgan fingerprint density at radius 3 is 2.76 bits per heavy atom. The second-order valence-electron chi connectivity index (χ2n) is 7.13. The minimum absolute atomic E-state index is 0.0208. The molecular weight excluding hydrogens is 368 g/mol. The summed E-state index contributed by atoms with van der Waals surface area (Å²) in [6, 6.07) is 11.6. The van der Waals surface area contributed by atoms with Crippen LogP contribution in [0.4, 0.5) is 0 Å². The largest absolute Gasteiger partial charge is 0.454 e. The fraction of sp³-hybridized carbons (Fsp3) is 0.273. The third-order valence-corrected chi connectivity index (χ3v) is 5.21. The maximum absolute atomic E-state index is 12.8. The number of hydrogen-bond acceptors (Lipinski definition) is 6. The molecule has 0 aliphatic carbocycles. The van der Waals surface area contributed by atoms with Crippen LogP contribution < -0.4 is 9.47 Å². The Balaban J connectivity index is 1.51. The van der Waals surface area contributed by atoms with Crippen LogP contribution >= 0.6 is 0 Å². The van der Waals surface area contributed by atoms with Crippen LogP contribution in [0.3, 0.4) is 0 Å². The first-order valence-corrected chi connectivity index (χ1v) is 9.73. The molecule has 2 aliphatic heterocycles. The molecule has 0 saturated carbocycles. The number of nitrogens with zero attached hydrogens (tertiary/aromatic N) is 4. The zero-order chi connectivity index (χ0) is 19.8. The van der Waals surface area contributed by atoms with Gasteiger partial charge in [0, 0.05) is 30.8 Å². The third-order valence-electron chi connectivity index (χ3n) is 5.21. The van der Waals surface area contributed by atoms with Gasteiger partial charge in [-0.05, 0) is 42.3 Å². The number of benzene rings is 2. The van der Waals surface area contributed by atoms with E-state index in [-0.39, 0.29) is 18.7 Å². The molecule has 3 heterocycles. The van der Waals surface area contributed by atoms with E-state index in [4.69, 9.17) is 14.6 Å². The van der Waals surface area contributed by atoms with E-state index in [1.807, 2.05) is 43.3 Å². The van der Waals surface area contributed by atoms with Crippen molar-refractivity contribution in [1.82, 2.24) is 15.0 Å². The van der Waals surface area contributed by atoms with Crippen molar-refractivity contribution in [3.05, 3.63) is 59.9 Å². The maximum atomic E-state index is 12.8. The predicted octanol–water partition coefficient (Wildman–Crippen LogP) is 3.84. The first-order valence-electron chi connectivity index (χ1n) is 9.73. The highest BCUT2D eigenvalue weighted by Crippen LogP contribution is 2.37. The SMILES string of the molecule is CCCC(=O)N1N=C(c2ccc3c(c2)OCO3)C[C@H]1c1ccc2nccnc2c1. The maximum Gasteiger partial charge on any atom is 0.243 e. The van der Waals surface area contributed by atoms with Crippen LogP contribution in [-0.4, -0.2) is 33.4 Å². The molecule has 0 spiro atoms. The molecule has 0 radical (unpaired) electrons. The molecule has 5 rings (SSSR count). The number of hydrazone groups is 1. The van der Waals surface area contributed by atoms with Crippen LogP contribution in [-0.2, 0) is 4.79 Å². The lowest BCUT2D eigenvalue weighted by Crippen LogP contribution is -2.26. The lowest BCUT2D eigenvalue weighted by atomic mass is 9.97. The van der Waals surface area contributed by atoms with Gasteiger partial charge in [-0.1, -0.05) is 13.0 Å². The minimum Gasteiger partial charge on any atom is -0.454 e. The monoisotopic (exact) mass is 388 g/mol. The van der Waals surface area contributed by atoms with E-state index >= 15 is 0 Å². The molecule has 3 aromatic rings. The molecule has 7 heteroatoms. The summed E-state index contributed by atoms with van der Waals surface area (Å²) in [4.78, 5) is 21.5. The van der Waals surface area contributed by atoms with Crippen molar-refractivity contribution in [2.24, 2.45) is 5.10 Å². The molecule has 0 bridgehead atoms. The Bertz CT molecular complexity index is 1130. The number of carbonyl (C=O) groups is 1. The number of hydrogen-bond donors (Lipinski definition) is 0. The van der Waals surface area contributed by atoms with E-state index in [2.05, 4.69) is 9.97 Å². The molecule has 1 aromatic heterocycles. The molecule has 1 amide bonds. The Morgan fingerprint density at radius 2 is 1.90 bits per heavy atom. The molecule has 0 unspecified atom stereocenters. The van der Waals surface area contributed by atoms with E-state index in [1.54, 1.807) is 17.4 Å². The standard InChI is InChI=1S/C22H20N4O3/c1-2-3-22(27)26-19(15-4-6-16-18(10-15)24-9-8-23-16)12-17(25-26)14-5-7-20-21(11-14)29-13-28-20/h4-11,19H,2-3,12-13H2,1H3/t19-/m0/s1. The molecule has 146 valence electrons. The molecule has 2 aliphatic rings. The van der Waals surface area contributed by atoms with Crippen molar-refractivity contribution in [3.8, 4) is 11.5 Å². The van der Waals surface area contributed by atoms with Crippen LogP contribution in [0.1, 0.15) is 43.4 Å². The number of carbonyl (C=O) groups excluding carboxylic acids is 1. The van der Waals surface area contributed by atoms with Crippen LogP contribution in [0.2, 0.25) is 0 Å². The average Bonchev–Trinajstić information content (AvgIpc) is 3.40. The first-order chi connectivity index (χ1) is 14.2. The molecule has 0 saturated heterocycles. The number of aromatic nitrogens is 2. The normalized spacial score (nSPS) is 17.6. The van der Waals surface area contributed by atoms with Crippen LogP contribution in [0.25, 0.3) is 11.0 Å². The summed E-state index contributed by atoms with van der Waals surface area (Å²) >= 11 is 0. The van der Waals surface area contributed by atoms with Crippen molar-refractivity contribution >= 4 is 22.7 Å². The second-order valence-corrected chi connectivity index (χ2v) is 7.13. The average molecular weight is 388 g/mol. The Kier molecular flexibility index (Phi) is 4.35. The van der Waals surface area contributed by atoms with E-state index < -0.39 is 0 Å². The van der Waals surface area contributed by atoms with Crippen LogP contribution in [0.15, 0.2) is 53.9 Å². The zero-order valence-electron chi connectivity index (χ0n) is 16.0. The van der Waals surface area contributed by atoms with Gasteiger partial charge in [0.2, 0.25) is 12.7 Å². The van der Waals surface area contributed by atoms with Gasteiger partial charge >= 0.3 is 0 Å². The summed E-state index contributed by atoms with van der Waals surface area (Å²) < 4.78 is 10.9. The fourth-order valence-electron chi connectivity index (χ4n) is 3.77. The van der Waals surface area contributed by atoms with Crippen molar-refractivity contribution in [1.29, 1.82) is 0 Å².